The van der Waals surface area contributed by atoms with Crippen LogP contribution in [0.4, 0.5) is 10.6 Å². The number of fused-ring (bicyclic) bond motifs is 3. The van der Waals surface area contributed by atoms with Crippen LogP contribution >= 0.6 is 0 Å². The predicted octanol–water partition coefficient (Wildman–Crippen LogP) is 6.53. The Labute approximate surface area is 262 Å². The first-order valence-electron chi connectivity index (χ1n) is 15.2. The number of ether oxygens (including phenoxy) is 5. The molecule has 2 aliphatic heterocycles. The van der Waals surface area contributed by atoms with Crippen molar-refractivity contribution in [1.82, 2.24) is 9.55 Å². The molecule has 4 aromatic rings. The molecule has 0 N–H and O–H groups in total. The van der Waals surface area contributed by atoms with Crippen LogP contribution in [0.1, 0.15) is 50.9 Å². The lowest BCUT2D eigenvalue weighted by atomic mass is 10.1. The molecule has 0 saturated heterocycles. The summed E-state index contributed by atoms with van der Waals surface area (Å²) in [4.78, 5) is 31.9. The summed E-state index contributed by atoms with van der Waals surface area (Å²) in [5, 5.41) is 0.947. The van der Waals surface area contributed by atoms with Gasteiger partial charge in [0.05, 0.1) is 24.4 Å². The molecule has 10 heteroatoms. The summed E-state index contributed by atoms with van der Waals surface area (Å²) in [7, 11) is 0. The molecule has 2 aromatic carbocycles. The number of esters is 1. The molecule has 4 heterocycles. The Kier molecular flexibility index (Phi) is 8.38. The van der Waals surface area contributed by atoms with Gasteiger partial charge in [0, 0.05) is 41.9 Å². The molecular weight excluding hydrogens is 574 g/mol. The van der Waals surface area contributed by atoms with Crippen LogP contribution in [-0.2, 0) is 27.1 Å². The smallest absolute Gasteiger partial charge is 0.416 e. The second-order valence-corrected chi connectivity index (χ2v) is 11.9. The number of anilines is 1. The number of amides is 1. The summed E-state index contributed by atoms with van der Waals surface area (Å²) >= 11 is 0. The highest BCUT2D eigenvalue weighted by Crippen LogP contribution is 2.36. The Morgan fingerprint density at radius 1 is 1.02 bits per heavy atom. The van der Waals surface area contributed by atoms with Crippen molar-refractivity contribution in [3.63, 3.8) is 0 Å². The van der Waals surface area contributed by atoms with Crippen LogP contribution in [0.5, 0.6) is 17.2 Å². The second-order valence-electron chi connectivity index (χ2n) is 11.9. The molecule has 0 aliphatic carbocycles. The molecule has 0 spiro atoms. The average Bonchev–Trinajstić information content (AvgIpc) is 3.65. The van der Waals surface area contributed by atoms with Crippen molar-refractivity contribution in [3.05, 3.63) is 83.7 Å². The van der Waals surface area contributed by atoms with Crippen molar-refractivity contribution in [1.29, 1.82) is 0 Å². The number of aromatic nitrogens is 2. The molecule has 0 saturated carbocycles. The topological polar surface area (TPSA) is 101 Å². The summed E-state index contributed by atoms with van der Waals surface area (Å²) in [5.41, 5.74) is 3.64. The first kappa shape index (κ1) is 30.1. The molecule has 0 unspecified atom stereocenters. The average molecular weight is 612 g/mol. The maximum absolute atomic E-state index is 12.8. The number of nitrogens with zero attached hydrogens (tertiary/aromatic N) is 3. The minimum atomic E-state index is -0.576. The van der Waals surface area contributed by atoms with Gasteiger partial charge in [-0.2, -0.15) is 0 Å². The number of pyridine rings is 1. The van der Waals surface area contributed by atoms with E-state index in [1.807, 2.05) is 86.1 Å². The molecule has 2 aliphatic rings. The Hall–Kier alpha value is -4.99. The Balaban J connectivity index is 1.18. The SMILES string of the molecule is CCOC(=O)/C=C(/c1ccc2c(c1)OCO2)n1ccc2cc(OCCc3ccc4c(n3)N(C(=O)OC(C)(C)C)CCC4)ccc21. The third kappa shape index (κ3) is 6.74. The summed E-state index contributed by atoms with van der Waals surface area (Å²) in [5.74, 6) is 2.24. The maximum Gasteiger partial charge on any atom is 0.416 e. The van der Waals surface area contributed by atoms with Gasteiger partial charge < -0.3 is 28.3 Å². The molecule has 10 nitrogen and oxygen atoms in total. The summed E-state index contributed by atoms with van der Waals surface area (Å²) < 4.78 is 30.0. The fourth-order valence-corrected chi connectivity index (χ4v) is 5.45. The van der Waals surface area contributed by atoms with Crippen molar-refractivity contribution in [2.75, 3.05) is 31.5 Å². The van der Waals surface area contributed by atoms with Gasteiger partial charge in [-0.15, -0.1) is 0 Å². The van der Waals surface area contributed by atoms with Gasteiger partial charge in [0.15, 0.2) is 11.5 Å². The standard InChI is InChI=1S/C35H37N3O7/c1-5-41-32(39)21-29(24-9-13-30-31(20-24)44-22-43-30)37-17-14-25-19-27(11-12-28(25)37)42-18-15-26-10-8-23-7-6-16-38(33(23)36-26)34(40)45-35(2,3)4/h8-14,17,19-21H,5-7,15-16,18,22H2,1-4H3/b29-21-. The van der Waals surface area contributed by atoms with Gasteiger partial charge in [-0.1, -0.05) is 6.07 Å². The third-order valence-electron chi connectivity index (χ3n) is 7.47. The van der Waals surface area contributed by atoms with E-state index in [0.717, 1.165) is 40.6 Å². The van der Waals surface area contributed by atoms with Gasteiger partial charge in [0.1, 0.15) is 17.2 Å². The van der Waals surface area contributed by atoms with Gasteiger partial charge in [0.25, 0.3) is 0 Å². The van der Waals surface area contributed by atoms with Gasteiger partial charge in [0.2, 0.25) is 6.79 Å². The van der Waals surface area contributed by atoms with E-state index in [0.29, 0.717) is 48.3 Å². The highest BCUT2D eigenvalue weighted by Gasteiger charge is 2.28. The first-order valence-corrected chi connectivity index (χ1v) is 15.2. The lowest BCUT2D eigenvalue weighted by Gasteiger charge is -2.31. The van der Waals surface area contributed by atoms with Gasteiger partial charge in [-0.25, -0.2) is 14.6 Å². The zero-order chi connectivity index (χ0) is 31.6. The van der Waals surface area contributed by atoms with E-state index < -0.39 is 11.6 Å². The van der Waals surface area contributed by atoms with Crippen molar-refractivity contribution >= 4 is 34.5 Å². The summed E-state index contributed by atoms with van der Waals surface area (Å²) in [6, 6.07) is 17.4. The minimum Gasteiger partial charge on any atom is -0.493 e. The zero-order valence-corrected chi connectivity index (χ0v) is 26.0. The first-order chi connectivity index (χ1) is 21.7. The van der Waals surface area contributed by atoms with Crippen LogP contribution < -0.4 is 19.1 Å². The number of benzene rings is 2. The highest BCUT2D eigenvalue weighted by molar-refractivity contribution is 5.95. The molecule has 6 rings (SSSR count). The summed E-state index contributed by atoms with van der Waals surface area (Å²) in [6.07, 6.45) is 5.35. The van der Waals surface area contributed by atoms with Gasteiger partial charge in [-0.05, 0) is 94.6 Å². The molecular formula is C35H37N3O7. The van der Waals surface area contributed by atoms with Crippen molar-refractivity contribution in [2.24, 2.45) is 0 Å². The quantitative estimate of drug-likeness (QED) is 0.164. The van der Waals surface area contributed by atoms with E-state index in [4.69, 9.17) is 28.7 Å². The lowest BCUT2D eigenvalue weighted by Crippen LogP contribution is -2.40. The number of carbonyl (C=O) groups excluding carboxylic acids is 2. The third-order valence-corrected chi connectivity index (χ3v) is 7.47. The zero-order valence-electron chi connectivity index (χ0n) is 26.0. The molecule has 0 atom stereocenters. The molecule has 1 amide bonds. The highest BCUT2D eigenvalue weighted by atomic mass is 16.7. The van der Waals surface area contributed by atoms with E-state index in [1.165, 1.54) is 6.08 Å². The van der Waals surface area contributed by atoms with Crippen LogP contribution in [0.2, 0.25) is 0 Å². The minimum absolute atomic E-state index is 0.165. The maximum atomic E-state index is 12.8. The number of carbonyl (C=O) groups is 2. The largest absolute Gasteiger partial charge is 0.493 e. The Morgan fingerprint density at radius 3 is 2.69 bits per heavy atom. The van der Waals surface area contributed by atoms with E-state index in [-0.39, 0.29) is 19.5 Å². The molecule has 0 fully saturated rings. The van der Waals surface area contributed by atoms with Gasteiger partial charge >= 0.3 is 12.1 Å². The van der Waals surface area contributed by atoms with Crippen molar-refractivity contribution in [2.45, 2.75) is 52.6 Å². The van der Waals surface area contributed by atoms with E-state index in [1.54, 1.807) is 11.8 Å². The number of rotatable bonds is 8. The molecule has 2 aromatic heterocycles. The molecule has 0 radical (unpaired) electrons. The number of hydrogen-bond acceptors (Lipinski definition) is 8. The number of hydrogen-bond donors (Lipinski definition) is 0. The van der Waals surface area contributed by atoms with Crippen molar-refractivity contribution < 1.29 is 33.3 Å². The monoisotopic (exact) mass is 611 g/mol. The van der Waals surface area contributed by atoms with Crippen LogP contribution in [0, 0.1) is 0 Å². The van der Waals surface area contributed by atoms with Crippen molar-refractivity contribution in [3.8, 4) is 17.2 Å². The normalized spacial score (nSPS) is 14.3. The second kappa shape index (κ2) is 12.6. The van der Waals surface area contributed by atoms with E-state index in [2.05, 4.69) is 0 Å². The summed E-state index contributed by atoms with van der Waals surface area (Å²) in [6.45, 7) is 8.80. The van der Waals surface area contributed by atoms with Crippen LogP contribution in [0.15, 0.2) is 66.9 Å². The van der Waals surface area contributed by atoms with E-state index >= 15 is 0 Å². The molecule has 0 bridgehead atoms. The van der Waals surface area contributed by atoms with Crippen LogP contribution in [0.25, 0.3) is 16.6 Å². The number of aryl methyl sites for hydroxylation is 1. The molecule has 234 valence electrons. The fourth-order valence-electron chi connectivity index (χ4n) is 5.45. The molecule has 45 heavy (non-hydrogen) atoms. The Morgan fingerprint density at radius 2 is 1.87 bits per heavy atom. The lowest BCUT2D eigenvalue weighted by molar-refractivity contribution is -0.137. The Bertz CT molecular complexity index is 1770. The van der Waals surface area contributed by atoms with E-state index in [9.17, 15) is 9.59 Å². The van der Waals surface area contributed by atoms with Crippen LogP contribution in [0.3, 0.4) is 0 Å². The van der Waals surface area contributed by atoms with Crippen LogP contribution in [-0.4, -0.2) is 53.8 Å². The fraction of sp³-hybridized carbons (Fsp3) is 0.343. The predicted molar refractivity (Wildman–Crippen MR) is 170 cm³/mol. The van der Waals surface area contributed by atoms with Gasteiger partial charge in [-0.3, -0.25) is 4.90 Å².